The lowest BCUT2D eigenvalue weighted by atomic mass is 10.2. The second-order valence-corrected chi connectivity index (χ2v) is 7.00. The van der Waals surface area contributed by atoms with Crippen molar-refractivity contribution in [3.05, 3.63) is 83.7 Å². The van der Waals surface area contributed by atoms with E-state index in [1.165, 1.54) is 6.07 Å². The molecule has 0 unspecified atom stereocenters. The number of hydrogen-bond donors (Lipinski definition) is 1. The number of anilines is 2. The van der Waals surface area contributed by atoms with Gasteiger partial charge in [0.25, 0.3) is 0 Å². The van der Waals surface area contributed by atoms with Gasteiger partial charge in [-0.25, -0.2) is 18.7 Å². The molecule has 1 saturated heterocycles. The summed E-state index contributed by atoms with van der Waals surface area (Å²) in [5, 5.41) is 3.30. The molecule has 0 radical (unpaired) electrons. The van der Waals surface area contributed by atoms with Gasteiger partial charge in [0.1, 0.15) is 11.6 Å². The number of nitrogens with one attached hydrogen (secondary N) is 1. The minimum atomic E-state index is -0.826. The zero-order valence-corrected chi connectivity index (χ0v) is 16.1. The molecule has 1 aliphatic rings. The molecule has 7 heteroatoms. The molecule has 2 aromatic heterocycles. The fraction of sp³-hybridized carbons (Fsp3) is 0.273. The molecule has 0 saturated carbocycles. The van der Waals surface area contributed by atoms with E-state index in [1.807, 2.05) is 36.5 Å². The zero-order chi connectivity index (χ0) is 20.1. The van der Waals surface area contributed by atoms with Crippen molar-refractivity contribution in [2.45, 2.75) is 13.1 Å². The number of rotatable bonds is 6. The molecule has 0 spiro atoms. The smallest absolute Gasteiger partial charge is 0.159 e. The summed E-state index contributed by atoms with van der Waals surface area (Å²) in [6.07, 6.45) is 3.62. The predicted octanol–water partition coefficient (Wildman–Crippen LogP) is 3.37. The summed E-state index contributed by atoms with van der Waals surface area (Å²) in [4.78, 5) is 13.6. The molecule has 3 aromatic rings. The third-order valence-electron chi connectivity index (χ3n) is 5.05. The molecule has 0 aliphatic carbocycles. The van der Waals surface area contributed by atoms with Gasteiger partial charge >= 0.3 is 0 Å². The normalized spacial score (nSPS) is 14.3. The SMILES string of the molecule is Fc1ccc(CNCc2cccnc2N2CCN(c3ccccn3)CC2)cc1F. The predicted molar refractivity (Wildman–Crippen MR) is 110 cm³/mol. The molecule has 1 aromatic carbocycles. The Morgan fingerprint density at radius 1 is 0.793 bits per heavy atom. The molecule has 150 valence electrons. The first kappa shape index (κ1) is 19.3. The minimum absolute atomic E-state index is 0.457. The Hall–Kier alpha value is -3.06. The number of nitrogens with zero attached hydrogens (tertiary/aromatic N) is 4. The van der Waals surface area contributed by atoms with Crippen molar-refractivity contribution in [1.82, 2.24) is 15.3 Å². The van der Waals surface area contributed by atoms with E-state index < -0.39 is 11.6 Å². The quantitative estimate of drug-likeness (QED) is 0.693. The topological polar surface area (TPSA) is 44.3 Å². The summed E-state index contributed by atoms with van der Waals surface area (Å²) >= 11 is 0. The van der Waals surface area contributed by atoms with Gasteiger partial charge in [0, 0.05) is 57.2 Å². The van der Waals surface area contributed by atoms with E-state index in [0.29, 0.717) is 18.7 Å². The number of pyridine rings is 2. The summed E-state index contributed by atoms with van der Waals surface area (Å²) < 4.78 is 26.4. The van der Waals surface area contributed by atoms with E-state index in [1.54, 1.807) is 12.3 Å². The van der Waals surface area contributed by atoms with Crippen molar-refractivity contribution in [3.8, 4) is 0 Å². The number of aromatic nitrogens is 2. The first-order chi connectivity index (χ1) is 14.2. The summed E-state index contributed by atoms with van der Waals surface area (Å²) in [7, 11) is 0. The summed E-state index contributed by atoms with van der Waals surface area (Å²) in [5.41, 5.74) is 1.79. The van der Waals surface area contributed by atoms with E-state index in [4.69, 9.17) is 0 Å². The second-order valence-electron chi connectivity index (χ2n) is 7.00. The maximum absolute atomic E-state index is 13.4. The third-order valence-corrected chi connectivity index (χ3v) is 5.05. The Morgan fingerprint density at radius 2 is 1.59 bits per heavy atom. The number of benzene rings is 1. The van der Waals surface area contributed by atoms with Crippen LogP contribution < -0.4 is 15.1 Å². The van der Waals surface area contributed by atoms with Crippen LogP contribution in [0.1, 0.15) is 11.1 Å². The van der Waals surface area contributed by atoms with Crippen LogP contribution in [0.3, 0.4) is 0 Å². The molecule has 1 fully saturated rings. The highest BCUT2D eigenvalue weighted by atomic mass is 19.2. The molecular formula is C22H23F2N5. The molecule has 29 heavy (non-hydrogen) atoms. The van der Waals surface area contributed by atoms with Gasteiger partial charge in [-0.1, -0.05) is 18.2 Å². The monoisotopic (exact) mass is 395 g/mol. The van der Waals surface area contributed by atoms with Gasteiger partial charge < -0.3 is 15.1 Å². The molecule has 0 amide bonds. The van der Waals surface area contributed by atoms with Gasteiger partial charge in [0.15, 0.2) is 11.6 Å². The van der Waals surface area contributed by atoms with Crippen molar-refractivity contribution < 1.29 is 8.78 Å². The zero-order valence-electron chi connectivity index (χ0n) is 16.1. The Morgan fingerprint density at radius 3 is 2.34 bits per heavy atom. The molecule has 1 aliphatic heterocycles. The lowest BCUT2D eigenvalue weighted by molar-refractivity contribution is 0.506. The standard InChI is InChI=1S/C22H23F2N5/c23-19-7-6-17(14-20(19)24)15-25-16-18-4-3-9-27-22(18)29-12-10-28(11-13-29)21-5-1-2-8-26-21/h1-9,14,25H,10-13,15-16H2. The maximum atomic E-state index is 13.4. The van der Waals surface area contributed by atoms with Crippen molar-refractivity contribution in [3.63, 3.8) is 0 Å². The Balaban J connectivity index is 1.36. The van der Waals surface area contributed by atoms with Crippen LogP contribution in [0.25, 0.3) is 0 Å². The maximum Gasteiger partial charge on any atom is 0.159 e. The minimum Gasteiger partial charge on any atom is -0.353 e. The lowest BCUT2D eigenvalue weighted by Gasteiger charge is -2.36. The van der Waals surface area contributed by atoms with E-state index >= 15 is 0 Å². The van der Waals surface area contributed by atoms with Crippen LogP contribution in [0.5, 0.6) is 0 Å². The van der Waals surface area contributed by atoms with Gasteiger partial charge in [0.2, 0.25) is 0 Å². The first-order valence-electron chi connectivity index (χ1n) is 9.70. The molecule has 4 rings (SSSR count). The largest absolute Gasteiger partial charge is 0.353 e. The van der Waals surface area contributed by atoms with Crippen molar-refractivity contribution in [2.75, 3.05) is 36.0 Å². The summed E-state index contributed by atoms with van der Waals surface area (Å²) in [5.74, 6) is 0.317. The van der Waals surface area contributed by atoms with E-state index in [-0.39, 0.29) is 0 Å². The number of piperazine rings is 1. The van der Waals surface area contributed by atoms with E-state index in [9.17, 15) is 8.78 Å². The average molecular weight is 395 g/mol. The highest BCUT2D eigenvalue weighted by Gasteiger charge is 2.20. The van der Waals surface area contributed by atoms with Crippen LogP contribution in [0.4, 0.5) is 20.4 Å². The Kier molecular flexibility index (Phi) is 5.95. The fourth-order valence-electron chi connectivity index (χ4n) is 3.53. The summed E-state index contributed by atoms with van der Waals surface area (Å²) in [6, 6.07) is 13.9. The third kappa shape index (κ3) is 4.68. The Labute approximate surface area is 169 Å². The second kappa shape index (κ2) is 8.96. The van der Waals surface area contributed by atoms with Crippen LogP contribution in [-0.2, 0) is 13.1 Å². The van der Waals surface area contributed by atoms with Crippen LogP contribution in [-0.4, -0.2) is 36.1 Å². The van der Waals surface area contributed by atoms with Gasteiger partial charge in [-0.15, -0.1) is 0 Å². The molecule has 5 nitrogen and oxygen atoms in total. The highest BCUT2D eigenvalue weighted by Crippen LogP contribution is 2.21. The molecule has 1 N–H and O–H groups in total. The van der Waals surface area contributed by atoms with Crippen LogP contribution in [0.2, 0.25) is 0 Å². The number of hydrogen-bond acceptors (Lipinski definition) is 5. The van der Waals surface area contributed by atoms with Gasteiger partial charge in [0.05, 0.1) is 0 Å². The van der Waals surface area contributed by atoms with E-state index in [2.05, 4.69) is 25.1 Å². The molecular weight excluding hydrogens is 372 g/mol. The molecule has 0 bridgehead atoms. The first-order valence-corrected chi connectivity index (χ1v) is 9.70. The van der Waals surface area contributed by atoms with Crippen molar-refractivity contribution in [2.24, 2.45) is 0 Å². The average Bonchev–Trinajstić information content (AvgIpc) is 2.77. The highest BCUT2D eigenvalue weighted by molar-refractivity contribution is 5.49. The van der Waals surface area contributed by atoms with Gasteiger partial charge in [-0.05, 0) is 35.9 Å². The van der Waals surface area contributed by atoms with Crippen LogP contribution in [0.15, 0.2) is 60.9 Å². The fourth-order valence-corrected chi connectivity index (χ4v) is 3.53. The number of halogens is 2. The van der Waals surface area contributed by atoms with Gasteiger partial charge in [-0.3, -0.25) is 0 Å². The Bertz CT molecular complexity index is 943. The van der Waals surface area contributed by atoms with Gasteiger partial charge in [-0.2, -0.15) is 0 Å². The molecule has 0 atom stereocenters. The van der Waals surface area contributed by atoms with Crippen molar-refractivity contribution in [1.29, 1.82) is 0 Å². The van der Waals surface area contributed by atoms with Crippen LogP contribution in [0, 0.1) is 11.6 Å². The van der Waals surface area contributed by atoms with E-state index in [0.717, 1.165) is 49.4 Å². The lowest BCUT2D eigenvalue weighted by Crippen LogP contribution is -2.47. The summed E-state index contributed by atoms with van der Waals surface area (Å²) in [6.45, 7) is 4.56. The molecule has 3 heterocycles. The van der Waals surface area contributed by atoms with Crippen LogP contribution >= 0.6 is 0 Å². The van der Waals surface area contributed by atoms with Crippen molar-refractivity contribution >= 4 is 11.6 Å².